The summed E-state index contributed by atoms with van der Waals surface area (Å²) in [6.07, 6.45) is 90.5. The normalized spacial score (nSPS) is 13.0. The van der Waals surface area contributed by atoms with Crippen LogP contribution in [0.25, 0.3) is 0 Å². The van der Waals surface area contributed by atoms with Gasteiger partial charge in [0.05, 0.1) is 0 Å². The van der Waals surface area contributed by atoms with E-state index in [4.69, 9.17) is 14.2 Å². The third-order valence-corrected chi connectivity index (χ3v) is 13.1. The van der Waals surface area contributed by atoms with Crippen molar-refractivity contribution in [3.63, 3.8) is 0 Å². The Morgan fingerprint density at radius 1 is 0.273 bits per heavy atom. The van der Waals surface area contributed by atoms with Crippen molar-refractivity contribution < 1.29 is 28.6 Å². The first-order valence-electron chi connectivity index (χ1n) is 31.7. The zero-order valence-electron chi connectivity index (χ0n) is 49.9. The molecule has 0 fully saturated rings. The van der Waals surface area contributed by atoms with Gasteiger partial charge in [0.15, 0.2) is 6.10 Å². The maximum absolute atomic E-state index is 12.9. The second kappa shape index (κ2) is 64.1. The predicted octanol–water partition coefficient (Wildman–Crippen LogP) is 21.8. The Bertz CT molecular complexity index is 1650. The summed E-state index contributed by atoms with van der Waals surface area (Å²) < 4.78 is 16.8. The van der Waals surface area contributed by atoms with Gasteiger partial charge in [-0.1, -0.05) is 270 Å². The number of esters is 3. The lowest BCUT2D eigenvalue weighted by molar-refractivity contribution is -0.166. The molecule has 0 bridgehead atoms. The fourth-order valence-electron chi connectivity index (χ4n) is 8.45. The zero-order valence-corrected chi connectivity index (χ0v) is 49.9. The summed E-state index contributed by atoms with van der Waals surface area (Å²) in [5.74, 6) is -0.999. The van der Waals surface area contributed by atoms with Crippen molar-refractivity contribution in [3.05, 3.63) is 134 Å². The number of hydrogen-bond acceptors (Lipinski definition) is 6. The van der Waals surface area contributed by atoms with Gasteiger partial charge in [0, 0.05) is 19.3 Å². The molecule has 0 aromatic carbocycles. The minimum Gasteiger partial charge on any atom is -0.462 e. The first-order chi connectivity index (χ1) is 38.0. The Morgan fingerprint density at radius 2 is 0.532 bits per heavy atom. The molecule has 0 spiro atoms. The van der Waals surface area contributed by atoms with E-state index in [1.165, 1.54) is 122 Å². The van der Waals surface area contributed by atoms with E-state index in [1.807, 2.05) is 6.08 Å². The number of carbonyl (C=O) groups is 3. The highest BCUT2D eigenvalue weighted by molar-refractivity contribution is 5.71. The second-order valence-corrected chi connectivity index (χ2v) is 20.5. The summed E-state index contributed by atoms with van der Waals surface area (Å²) in [6.45, 7) is 6.32. The van der Waals surface area contributed by atoms with Crippen LogP contribution in [0.5, 0.6) is 0 Å². The third kappa shape index (κ3) is 62.3. The molecular weight excluding hydrogens is 949 g/mol. The van der Waals surface area contributed by atoms with Crippen molar-refractivity contribution in [2.75, 3.05) is 13.2 Å². The SMILES string of the molecule is CC/C=C\C/C=C\C/C=C\C/C=C\C/C=C\CCCCCCCCCCCCCCCC(=O)OCC(COC(=O)CC/C=C\C/C=C\C/C=C\C/C=C\CC)OC(=O)CCCCCCCCC/C=C\C/C=C\CCCCC. The van der Waals surface area contributed by atoms with Crippen molar-refractivity contribution in [1.82, 2.24) is 0 Å². The monoisotopic (exact) mass is 1060 g/mol. The van der Waals surface area contributed by atoms with E-state index in [2.05, 4.69) is 148 Å². The van der Waals surface area contributed by atoms with Gasteiger partial charge in [0.25, 0.3) is 0 Å². The van der Waals surface area contributed by atoms with Crippen LogP contribution >= 0.6 is 0 Å². The Balaban J connectivity index is 4.32. The van der Waals surface area contributed by atoms with E-state index in [0.29, 0.717) is 19.3 Å². The lowest BCUT2D eigenvalue weighted by Crippen LogP contribution is -2.30. The number of rotatable bonds is 56. The molecule has 0 aliphatic heterocycles. The van der Waals surface area contributed by atoms with E-state index in [-0.39, 0.29) is 37.5 Å². The second-order valence-electron chi connectivity index (χ2n) is 20.5. The molecule has 0 aromatic heterocycles. The highest BCUT2D eigenvalue weighted by Crippen LogP contribution is 2.15. The molecule has 0 saturated heterocycles. The number of hydrogen-bond donors (Lipinski definition) is 0. The maximum atomic E-state index is 12.9. The van der Waals surface area contributed by atoms with Crippen LogP contribution in [-0.2, 0) is 28.6 Å². The Kier molecular flexibility index (Phi) is 60.4. The van der Waals surface area contributed by atoms with Gasteiger partial charge in [-0.15, -0.1) is 0 Å². The molecule has 0 radical (unpaired) electrons. The van der Waals surface area contributed by atoms with Crippen LogP contribution in [0.3, 0.4) is 0 Å². The van der Waals surface area contributed by atoms with Crippen molar-refractivity contribution in [2.24, 2.45) is 0 Å². The summed E-state index contributed by atoms with van der Waals surface area (Å²) in [6, 6.07) is 0. The van der Waals surface area contributed by atoms with Crippen LogP contribution in [0.2, 0.25) is 0 Å². The number of allylic oxidation sites excluding steroid dienone is 22. The smallest absolute Gasteiger partial charge is 0.306 e. The highest BCUT2D eigenvalue weighted by atomic mass is 16.6. The summed E-state index contributed by atoms with van der Waals surface area (Å²) in [7, 11) is 0. The van der Waals surface area contributed by atoms with Crippen LogP contribution < -0.4 is 0 Å². The predicted molar refractivity (Wildman–Crippen MR) is 334 cm³/mol. The Labute approximate surface area is 475 Å². The molecule has 0 saturated carbocycles. The van der Waals surface area contributed by atoms with E-state index in [1.54, 1.807) is 0 Å². The minimum absolute atomic E-state index is 0.106. The molecule has 6 nitrogen and oxygen atoms in total. The van der Waals surface area contributed by atoms with E-state index in [0.717, 1.165) is 109 Å². The molecule has 1 unspecified atom stereocenters. The third-order valence-electron chi connectivity index (χ3n) is 13.1. The molecule has 0 N–H and O–H groups in total. The Morgan fingerprint density at radius 3 is 0.870 bits per heavy atom. The van der Waals surface area contributed by atoms with Gasteiger partial charge in [-0.25, -0.2) is 0 Å². The lowest BCUT2D eigenvalue weighted by Gasteiger charge is -2.18. The minimum atomic E-state index is -0.816. The fraction of sp³-hybridized carbons (Fsp3) is 0.648. The molecule has 436 valence electrons. The number of carbonyl (C=O) groups excluding carboxylic acids is 3. The molecule has 0 rings (SSSR count). The van der Waals surface area contributed by atoms with Crippen LogP contribution in [0.1, 0.15) is 278 Å². The van der Waals surface area contributed by atoms with Gasteiger partial charge in [-0.2, -0.15) is 0 Å². The molecule has 6 heteroatoms. The zero-order chi connectivity index (χ0) is 55.7. The topological polar surface area (TPSA) is 78.9 Å². The number of unbranched alkanes of at least 4 members (excludes halogenated alkanes) is 23. The fourth-order valence-corrected chi connectivity index (χ4v) is 8.45. The standard InChI is InChI=1S/C71H116O6/c1-4-7-10-13-16-19-22-25-27-29-30-31-32-33-34-35-36-37-38-39-40-42-43-46-49-52-55-58-61-64-70(73)76-67-68(66-75-69(72)63-60-57-54-51-48-45-24-21-18-15-12-9-6-3)77-71(74)65-62-59-56-53-50-47-44-41-28-26-23-20-17-14-11-8-5-2/h7,9-10,12,16-21,25-28,30-31,33-34,45,48,54,57,68H,4-6,8,11,13-15,22-24,29,32,35-44,46-47,49-53,55-56,58-67H2,1-3H3/b10-7-,12-9-,19-16-,20-17-,21-18-,27-25-,28-26-,31-30-,34-33-,48-45-,57-54-. The molecule has 0 aliphatic rings. The van der Waals surface area contributed by atoms with E-state index >= 15 is 0 Å². The van der Waals surface area contributed by atoms with Crippen molar-refractivity contribution >= 4 is 17.9 Å². The van der Waals surface area contributed by atoms with Crippen LogP contribution in [0.4, 0.5) is 0 Å². The van der Waals surface area contributed by atoms with Crippen molar-refractivity contribution in [2.45, 2.75) is 284 Å². The average molecular weight is 1070 g/mol. The van der Waals surface area contributed by atoms with E-state index in [9.17, 15) is 14.4 Å². The molecule has 0 amide bonds. The van der Waals surface area contributed by atoms with Gasteiger partial charge in [0.1, 0.15) is 13.2 Å². The highest BCUT2D eigenvalue weighted by Gasteiger charge is 2.19. The van der Waals surface area contributed by atoms with Gasteiger partial charge in [-0.05, 0) is 122 Å². The van der Waals surface area contributed by atoms with Crippen LogP contribution in [-0.4, -0.2) is 37.2 Å². The first kappa shape index (κ1) is 72.5. The van der Waals surface area contributed by atoms with Crippen molar-refractivity contribution in [3.8, 4) is 0 Å². The van der Waals surface area contributed by atoms with E-state index < -0.39 is 6.10 Å². The average Bonchev–Trinajstić information content (AvgIpc) is 3.43. The van der Waals surface area contributed by atoms with Gasteiger partial charge in [-0.3, -0.25) is 14.4 Å². The van der Waals surface area contributed by atoms with Gasteiger partial charge in [0.2, 0.25) is 0 Å². The molecule has 77 heavy (non-hydrogen) atoms. The quantitative estimate of drug-likeness (QED) is 0.0261. The van der Waals surface area contributed by atoms with Crippen molar-refractivity contribution in [1.29, 1.82) is 0 Å². The Hall–Kier alpha value is -4.45. The van der Waals surface area contributed by atoms with Gasteiger partial charge >= 0.3 is 17.9 Å². The lowest BCUT2D eigenvalue weighted by atomic mass is 10.0. The molecular formula is C71H116O6. The summed E-state index contributed by atoms with van der Waals surface area (Å²) >= 11 is 0. The summed E-state index contributed by atoms with van der Waals surface area (Å²) in [5, 5.41) is 0. The summed E-state index contributed by atoms with van der Waals surface area (Å²) in [5.41, 5.74) is 0. The molecule has 0 aliphatic carbocycles. The van der Waals surface area contributed by atoms with Gasteiger partial charge < -0.3 is 14.2 Å². The largest absolute Gasteiger partial charge is 0.462 e. The number of ether oxygens (including phenoxy) is 3. The van der Waals surface area contributed by atoms with Crippen LogP contribution in [0.15, 0.2) is 134 Å². The molecule has 0 heterocycles. The molecule has 0 aromatic rings. The first-order valence-corrected chi connectivity index (χ1v) is 31.7. The van der Waals surface area contributed by atoms with Crippen LogP contribution in [0, 0.1) is 0 Å². The summed E-state index contributed by atoms with van der Waals surface area (Å²) in [4.78, 5) is 38.2. The molecule has 1 atom stereocenters. The maximum Gasteiger partial charge on any atom is 0.306 e.